The molecule has 0 spiro atoms. The number of piperazine rings is 1. The standard InChI is InChI=1S/C22H33N3O/c1-23-14-16-24(17-15-23)20-10-13-25(18-20)21(26)22(11-6-3-7-12-22)19-8-4-2-5-9-19/h2,4-5,8-9,20H,3,6-7,10-18H2,1H3/t20-/m1/s1. The van der Waals surface area contributed by atoms with Gasteiger partial charge in [-0.3, -0.25) is 9.69 Å². The number of carbonyl (C=O) groups excluding carboxylic acids is 1. The molecule has 26 heavy (non-hydrogen) atoms. The molecule has 1 atom stereocenters. The van der Waals surface area contributed by atoms with Gasteiger partial charge < -0.3 is 9.80 Å². The largest absolute Gasteiger partial charge is 0.340 e. The van der Waals surface area contributed by atoms with Gasteiger partial charge in [0.2, 0.25) is 5.91 Å². The summed E-state index contributed by atoms with van der Waals surface area (Å²) in [4.78, 5) is 20.9. The molecule has 1 aromatic carbocycles. The molecule has 0 bridgehead atoms. The first kappa shape index (κ1) is 18.0. The zero-order valence-electron chi connectivity index (χ0n) is 16.2. The number of likely N-dealkylation sites (N-methyl/N-ethyl adjacent to an activating group) is 1. The van der Waals surface area contributed by atoms with E-state index in [1.54, 1.807) is 0 Å². The molecule has 4 heteroatoms. The quantitative estimate of drug-likeness (QED) is 0.834. The third-order valence-electron chi connectivity index (χ3n) is 6.95. The van der Waals surface area contributed by atoms with E-state index in [1.165, 1.54) is 24.8 Å². The van der Waals surface area contributed by atoms with Gasteiger partial charge in [0.05, 0.1) is 5.41 Å². The number of nitrogens with zero attached hydrogens (tertiary/aromatic N) is 3. The lowest BCUT2D eigenvalue weighted by Gasteiger charge is -2.40. The lowest BCUT2D eigenvalue weighted by molar-refractivity contribution is -0.138. The zero-order valence-corrected chi connectivity index (χ0v) is 16.2. The molecule has 1 aromatic rings. The van der Waals surface area contributed by atoms with E-state index in [-0.39, 0.29) is 5.41 Å². The topological polar surface area (TPSA) is 26.8 Å². The summed E-state index contributed by atoms with van der Waals surface area (Å²) in [7, 11) is 2.20. The SMILES string of the molecule is CN1CCN([C@@H]2CCN(C(=O)C3(c4ccccc4)CCCCC3)C2)CC1. The van der Waals surface area contributed by atoms with Crippen LogP contribution in [0.3, 0.4) is 0 Å². The third-order valence-corrected chi connectivity index (χ3v) is 6.95. The Balaban J connectivity index is 1.48. The van der Waals surface area contributed by atoms with Gasteiger partial charge in [0.25, 0.3) is 0 Å². The molecular formula is C22H33N3O. The minimum atomic E-state index is -0.267. The van der Waals surface area contributed by atoms with E-state index in [9.17, 15) is 4.79 Å². The number of amides is 1. The Morgan fingerprint density at radius 2 is 1.65 bits per heavy atom. The van der Waals surface area contributed by atoms with Crippen molar-refractivity contribution >= 4 is 5.91 Å². The van der Waals surface area contributed by atoms with Crippen LogP contribution < -0.4 is 0 Å². The molecule has 1 aliphatic carbocycles. The minimum Gasteiger partial charge on any atom is -0.340 e. The second-order valence-electron chi connectivity index (χ2n) is 8.54. The molecule has 1 saturated carbocycles. The molecule has 142 valence electrons. The van der Waals surface area contributed by atoms with E-state index in [4.69, 9.17) is 0 Å². The average molecular weight is 356 g/mol. The summed E-state index contributed by atoms with van der Waals surface area (Å²) < 4.78 is 0. The summed E-state index contributed by atoms with van der Waals surface area (Å²) in [5.41, 5.74) is 0.976. The highest BCUT2D eigenvalue weighted by Crippen LogP contribution is 2.41. The molecule has 4 rings (SSSR count). The van der Waals surface area contributed by atoms with Crippen LogP contribution in [0.1, 0.15) is 44.1 Å². The summed E-state index contributed by atoms with van der Waals surface area (Å²) in [5, 5.41) is 0. The Bertz CT molecular complexity index is 603. The van der Waals surface area contributed by atoms with Gasteiger partial charge in [0, 0.05) is 45.3 Å². The average Bonchev–Trinajstić information content (AvgIpc) is 3.19. The van der Waals surface area contributed by atoms with Gasteiger partial charge in [-0.1, -0.05) is 49.6 Å². The maximum atomic E-state index is 13.7. The summed E-state index contributed by atoms with van der Waals surface area (Å²) >= 11 is 0. The van der Waals surface area contributed by atoms with Crippen molar-refractivity contribution in [2.24, 2.45) is 0 Å². The molecule has 0 radical (unpaired) electrons. The highest BCUT2D eigenvalue weighted by molar-refractivity contribution is 5.88. The highest BCUT2D eigenvalue weighted by Gasteiger charge is 2.45. The fourth-order valence-electron chi connectivity index (χ4n) is 5.25. The molecule has 3 aliphatic rings. The van der Waals surface area contributed by atoms with E-state index in [2.05, 4.69) is 52.1 Å². The normalized spacial score (nSPS) is 27.6. The Morgan fingerprint density at radius 3 is 2.35 bits per heavy atom. The summed E-state index contributed by atoms with van der Waals surface area (Å²) in [6.45, 7) is 6.46. The van der Waals surface area contributed by atoms with Crippen LogP contribution in [0.15, 0.2) is 30.3 Å². The maximum absolute atomic E-state index is 13.7. The molecule has 3 fully saturated rings. The predicted molar refractivity (Wildman–Crippen MR) is 105 cm³/mol. The number of hydrogen-bond donors (Lipinski definition) is 0. The smallest absolute Gasteiger partial charge is 0.233 e. The molecule has 2 aliphatic heterocycles. The molecule has 2 heterocycles. The number of benzene rings is 1. The first-order valence-corrected chi connectivity index (χ1v) is 10.5. The van der Waals surface area contributed by atoms with Crippen LogP contribution >= 0.6 is 0 Å². The van der Waals surface area contributed by atoms with Crippen LogP contribution in [0.5, 0.6) is 0 Å². The molecular weight excluding hydrogens is 322 g/mol. The van der Waals surface area contributed by atoms with Crippen LogP contribution in [0.4, 0.5) is 0 Å². The lowest BCUT2D eigenvalue weighted by Crippen LogP contribution is -2.51. The summed E-state index contributed by atoms with van der Waals surface area (Å²) in [6, 6.07) is 11.2. The number of likely N-dealkylation sites (tertiary alicyclic amines) is 1. The van der Waals surface area contributed by atoms with Crippen molar-refractivity contribution in [2.75, 3.05) is 46.3 Å². The van der Waals surface area contributed by atoms with E-state index in [0.717, 1.165) is 58.5 Å². The fourth-order valence-corrected chi connectivity index (χ4v) is 5.25. The van der Waals surface area contributed by atoms with Crippen molar-refractivity contribution in [3.63, 3.8) is 0 Å². The van der Waals surface area contributed by atoms with Gasteiger partial charge in [-0.25, -0.2) is 0 Å². The van der Waals surface area contributed by atoms with Crippen LogP contribution in [0.2, 0.25) is 0 Å². The zero-order chi connectivity index (χ0) is 18.0. The maximum Gasteiger partial charge on any atom is 0.233 e. The molecule has 2 saturated heterocycles. The Kier molecular flexibility index (Phi) is 5.32. The Labute approximate surface area is 158 Å². The van der Waals surface area contributed by atoms with Crippen LogP contribution in [-0.2, 0) is 10.2 Å². The first-order chi connectivity index (χ1) is 12.7. The van der Waals surface area contributed by atoms with Crippen molar-refractivity contribution in [3.05, 3.63) is 35.9 Å². The van der Waals surface area contributed by atoms with Crippen LogP contribution in [-0.4, -0.2) is 73.0 Å². The summed E-state index contributed by atoms with van der Waals surface area (Å²) in [5.74, 6) is 0.403. The van der Waals surface area contributed by atoms with Gasteiger partial charge >= 0.3 is 0 Å². The van der Waals surface area contributed by atoms with Crippen LogP contribution in [0, 0.1) is 0 Å². The van der Waals surface area contributed by atoms with Crippen LogP contribution in [0.25, 0.3) is 0 Å². The second-order valence-corrected chi connectivity index (χ2v) is 8.54. The fraction of sp³-hybridized carbons (Fsp3) is 0.682. The van der Waals surface area contributed by atoms with E-state index < -0.39 is 0 Å². The lowest BCUT2D eigenvalue weighted by atomic mass is 9.68. The number of carbonyl (C=O) groups is 1. The molecule has 4 nitrogen and oxygen atoms in total. The summed E-state index contributed by atoms with van der Waals surface area (Å²) in [6.07, 6.45) is 6.80. The number of rotatable bonds is 3. The van der Waals surface area contributed by atoms with E-state index in [1.807, 2.05) is 0 Å². The minimum absolute atomic E-state index is 0.267. The van der Waals surface area contributed by atoms with Gasteiger partial charge in [-0.15, -0.1) is 0 Å². The predicted octanol–water partition coefficient (Wildman–Crippen LogP) is 2.74. The van der Waals surface area contributed by atoms with Crippen molar-refractivity contribution < 1.29 is 4.79 Å². The van der Waals surface area contributed by atoms with Crippen molar-refractivity contribution in [2.45, 2.75) is 50.0 Å². The van der Waals surface area contributed by atoms with Gasteiger partial charge in [-0.05, 0) is 31.9 Å². The third kappa shape index (κ3) is 3.41. The van der Waals surface area contributed by atoms with E-state index >= 15 is 0 Å². The Hall–Kier alpha value is -1.39. The van der Waals surface area contributed by atoms with E-state index in [0.29, 0.717) is 11.9 Å². The van der Waals surface area contributed by atoms with Gasteiger partial charge in [0.1, 0.15) is 0 Å². The molecule has 0 N–H and O–H groups in total. The van der Waals surface area contributed by atoms with Crippen molar-refractivity contribution in [3.8, 4) is 0 Å². The highest BCUT2D eigenvalue weighted by atomic mass is 16.2. The van der Waals surface area contributed by atoms with Gasteiger partial charge in [0.15, 0.2) is 0 Å². The molecule has 1 amide bonds. The first-order valence-electron chi connectivity index (χ1n) is 10.5. The Morgan fingerprint density at radius 1 is 0.962 bits per heavy atom. The molecule has 0 unspecified atom stereocenters. The monoisotopic (exact) mass is 355 g/mol. The van der Waals surface area contributed by atoms with Crippen molar-refractivity contribution in [1.82, 2.24) is 14.7 Å². The van der Waals surface area contributed by atoms with Gasteiger partial charge in [-0.2, -0.15) is 0 Å². The van der Waals surface area contributed by atoms with Crippen molar-refractivity contribution in [1.29, 1.82) is 0 Å². The molecule has 0 aromatic heterocycles. The second kappa shape index (κ2) is 7.69. The number of hydrogen-bond acceptors (Lipinski definition) is 3.